The van der Waals surface area contributed by atoms with E-state index in [1.54, 1.807) is 0 Å². The summed E-state index contributed by atoms with van der Waals surface area (Å²) >= 11 is -2.00. The molecule has 0 saturated heterocycles. The number of alkyl halides is 3. The van der Waals surface area contributed by atoms with Crippen LogP contribution in [0.25, 0.3) is 0 Å². The molecule has 0 aliphatic rings. The molecule has 1 heterocycles. The zero-order chi connectivity index (χ0) is 14.8. The van der Waals surface area contributed by atoms with Crippen molar-refractivity contribution in [2.75, 3.05) is 0 Å². The lowest BCUT2D eigenvalue weighted by molar-refractivity contribution is -0.154. The minimum atomic E-state index is -4.80. The highest BCUT2D eigenvalue weighted by Crippen LogP contribution is 2.34. The molecule has 0 fully saturated rings. The van der Waals surface area contributed by atoms with Gasteiger partial charge in [-0.2, -0.15) is 13.2 Å². The monoisotopic (exact) mass is 298 g/mol. The van der Waals surface area contributed by atoms with Gasteiger partial charge in [0.2, 0.25) is 0 Å². The summed E-state index contributed by atoms with van der Waals surface area (Å²) in [6, 6.07) is -0.343. The molecule has 0 aromatic carbocycles. The van der Waals surface area contributed by atoms with Crippen LogP contribution in [0.5, 0.6) is 0 Å². The average molecular weight is 298 g/mol. The molecule has 19 heavy (non-hydrogen) atoms. The first-order valence-electron chi connectivity index (χ1n) is 5.38. The Balaban J connectivity index is 3.08. The van der Waals surface area contributed by atoms with Crippen molar-refractivity contribution in [3.63, 3.8) is 0 Å². The third kappa shape index (κ3) is 4.32. The van der Waals surface area contributed by atoms with E-state index in [9.17, 15) is 22.1 Å². The summed E-state index contributed by atoms with van der Waals surface area (Å²) in [5.74, 6) is -1.09. The summed E-state index contributed by atoms with van der Waals surface area (Å²) in [5.41, 5.74) is -0.812. The van der Waals surface area contributed by atoms with E-state index in [2.05, 4.69) is 4.98 Å². The third-order valence-electron chi connectivity index (χ3n) is 2.17. The van der Waals surface area contributed by atoms with Crippen molar-refractivity contribution in [3.8, 4) is 0 Å². The van der Waals surface area contributed by atoms with E-state index in [1.807, 2.05) is 4.72 Å². The standard InChI is InChI=1S/C11H14F4N2OS/c1-10(2,3)19(18)17-9(11(13,14)15)8-7(12)5-4-6-16-8/h4-6,9,17H,1-3H3/t9-,19?/m1/s1. The highest BCUT2D eigenvalue weighted by atomic mass is 32.2. The van der Waals surface area contributed by atoms with Crippen LogP contribution >= 0.6 is 0 Å². The maximum absolute atomic E-state index is 13.4. The first kappa shape index (κ1) is 16.2. The van der Waals surface area contributed by atoms with E-state index in [0.29, 0.717) is 0 Å². The Morgan fingerprint density at radius 3 is 2.32 bits per heavy atom. The Morgan fingerprint density at radius 2 is 1.89 bits per heavy atom. The van der Waals surface area contributed by atoms with Gasteiger partial charge in [-0.25, -0.2) is 4.39 Å². The lowest BCUT2D eigenvalue weighted by Crippen LogP contribution is -2.46. The molecule has 2 atom stereocenters. The maximum Gasteiger partial charge on any atom is 0.413 e. The predicted molar refractivity (Wildman–Crippen MR) is 64.0 cm³/mol. The maximum atomic E-state index is 13.4. The van der Waals surface area contributed by atoms with Crippen LogP contribution in [0.1, 0.15) is 32.5 Å². The van der Waals surface area contributed by atoms with E-state index >= 15 is 0 Å². The molecular formula is C11H14F4N2OS. The summed E-state index contributed by atoms with van der Waals surface area (Å²) in [5, 5.41) is 0. The van der Waals surface area contributed by atoms with Crippen LogP contribution in [0.2, 0.25) is 0 Å². The van der Waals surface area contributed by atoms with Crippen molar-refractivity contribution in [2.24, 2.45) is 0 Å². The average Bonchev–Trinajstić information content (AvgIpc) is 2.24. The molecule has 3 nitrogen and oxygen atoms in total. The number of nitrogens with zero attached hydrogens (tertiary/aromatic N) is 1. The largest absolute Gasteiger partial charge is 0.598 e. The van der Waals surface area contributed by atoms with Crippen molar-refractivity contribution in [2.45, 2.75) is 37.7 Å². The summed E-state index contributed by atoms with van der Waals surface area (Å²) in [7, 11) is 0. The lowest BCUT2D eigenvalue weighted by Gasteiger charge is -2.28. The second-order valence-corrected chi connectivity index (χ2v) is 6.84. The fraction of sp³-hybridized carbons (Fsp3) is 0.545. The number of rotatable bonds is 3. The molecule has 1 aromatic heterocycles. The Kier molecular flexibility index (Phi) is 4.81. The Morgan fingerprint density at radius 1 is 1.32 bits per heavy atom. The molecule has 1 N–H and O–H groups in total. The van der Waals surface area contributed by atoms with E-state index in [1.165, 1.54) is 26.8 Å². The van der Waals surface area contributed by atoms with Crippen molar-refractivity contribution >= 4 is 11.4 Å². The highest BCUT2D eigenvalue weighted by molar-refractivity contribution is 7.90. The van der Waals surface area contributed by atoms with Gasteiger partial charge in [-0.15, -0.1) is 4.72 Å². The summed E-state index contributed by atoms with van der Waals surface area (Å²) in [6.07, 6.45) is -3.74. The van der Waals surface area contributed by atoms with Crippen LogP contribution < -0.4 is 4.72 Å². The summed E-state index contributed by atoms with van der Waals surface area (Å²) in [6.45, 7) is 4.54. The van der Waals surface area contributed by atoms with E-state index in [4.69, 9.17) is 0 Å². The van der Waals surface area contributed by atoms with Gasteiger partial charge in [0.1, 0.15) is 16.3 Å². The molecule has 0 bridgehead atoms. The number of hydrogen-bond donors (Lipinski definition) is 1. The van der Waals surface area contributed by atoms with Gasteiger partial charge >= 0.3 is 6.18 Å². The SMILES string of the molecule is CC(C)(C)[S+]([O-])N[C@H](c1ncccc1F)C(F)(F)F. The highest BCUT2D eigenvalue weighted by Gasteiger charge is 2.47. The number of pyridine rings is 1. The van der Waals surface area contributed by atoms with Crippen LogP contribution in [0.3, 0.4) is 0 Å². The molecule has 0 aliphatic carbocycles. The van der Waals surface area contributed by atoms with E-state index < -0.39 is 39.8 Å². The smallest absolute Gasteiger partial charge is 0.413 e. The summed E-state index contributed by atoms with van der Waals surface area (Å²) in [4.78, 5) is 3.39. The van der Waals surface area contributed by atoms with Crippen molar-refractivity contribution < 1.29 is 22.1 Å². The van der Waals surface area contributed by atoms with Gasteiger partial charge < -0.3 is 4.55 Å². The van der Waals surface area contributed by atoms with Gasteiger partial charge in [0.25, 0.3) is 0 Å². The number of aromatic nitrogens is 1. The molecular weight excluding hydrogens is 284 g/mol. The van der Waals surface area contributed by atoms with Crippen LogP contribution in [0, 0.1) is 5.82 Å². The molecule has 0 amide bonds. The molecule has 108 valence electrons. The molecule has 1 rings (SSSR count). The predicted octanol–water partition coefficient (Wildman–Crippen LogP) is 2.88. The van der Waals surface area contributed by atoms with E-state index in [-0.39, 0.29) is 0 Å². The van der Waals surface area contributed by atoms with Gasteiger partial charge in [-0.3, -0.25) is 4.98 Å². The van der Waals surface area contributed by atoms with Gasteiger partial charge in [-0.05, 0) is 32.9 Å². The molecule has 1 unspecified atom stereocenters. The van der Waals surface area contributed by atoms with Crippen LogP contribution in [0.4, 0.5) is 17.6 Å². The van der Waals surface area contributed by atoms with Gasteiger partial charge in [0.05, 0.1) is 0 Å². The fourth-order valence-electron chi connectivity index (χ4n) is 1.17. The molecule has 1 aromatic rings. The van der Waals surface area contributed by atoms with Crippen molar-refractivity contribution in [1.29, 1.82) is 0 Å². The summed E-state index contributed by atoms with van der Waals surface area (Å²) < 4.78 is 65.0. The van der Waals surface area contributed by atoms with Gasteiger partial charge in [0.15, 0.2) is 6.04 Å². The van der Waals surface area contributed by atoms with Crippen LogP contribution in [-0.4, -0.2) is 20.5 Å². The second-order valence-electron chi connectivity index (χ2n) is 4.84. The van der Waals surface area contributed by atoms with E-state index in [0.717, 1.165) is 12.3 Å². The second kappa shape index (κ2) is 5.64. The van der Waals surface area contributed by atoms with Gasteiger partial charge in [-0.1, -0.05) is 0 Å². The molecule has 8 heteroatoms. The Bertz CT molecular complexity index is 433. The zero-order valence-corrected chi connectivity index (χ0v) is 11.4. The van der Waals surface area contributed by atoms with Crippen molar-refractivity contribution in [1.82, 2.24) is 9.71 Å². The normalized spacial score (nSPS) is 16.2. The Labute approximate surface area is 111 Å². The topological polar surface area (TPSA) is 48.0 Å². The first-order chi connectivity index (χ1) is 8.53. The number of nitrogens with one attached hydrogen (secondary N) is 1. The molecule has 0 saturated carbocycles. The molecule has 0 spiro atoms. The minimum Gasteiger partial charge on any atom is -0.598 e. The molecule has 0 radical (unpaired) electrons. The lowest BCUT2D eigenvalue weighted by atomic mass is 10.2. The van der Waals surface area contributed by atoms with Gasteiger partial charge in [0, 0.05) is 17.6 Å². The Hall–Kier alpha value is -0.860. The van der Waals surface area contributed by atoms with Crippen LogP contribution in [-0.2, 0) is 11.4 Å². The molecule has 0 aliphatic heterocycles. The van der Waals surface area contributed by atoms with Crippen molar-refractivity contribution in [3.05, 3.63) is 29.8 Å². The third-order valence-corrected chi connectivity index (χ3v) is 3.73. The quantitative estimate of drug-likeness (QED) is 0.689. The van der Waals surface area contributed by atoms with Crippen LogP contribution in [0.15, 0.2) is 18.3 Å². The number of hydrogen-bond acceptors (Lipinski definition) is 3. The minimum absolute atomic E-state index is 0.812. The fourth-order valence-corrected chi connectivity index (χ4v) is 1.98. The number of halogens is 4. The zero-order valence-electron chi connectivity index (χ0n) is 10.6. The first-order valence-corrected chi connectivity index (χ1v) is 6.53.